The van der Waals surface area contributed by atoms with Gasteiger partial charge in [0.15, 0.2) is 0 Å². The molecule has 0 aromatic heterocycles. The predicted octanol–water partition coefficient (Wildman–Crippen LogP) is 1.77. The van der Waals surface area contributed by atoms with Crippen molar-refractivity contribution in [1.29, 1.82) is 0 Å². The molecule has 0 atom stereocenters. The van der Waals surface area contributed by atoms with Crippen LogP contribution in [0, 0.1) is 12.7 Å². The first kappa shape index (κ1) is 16.7. The number of methoxy groups -OCH3 is 1. The Bertz CT molecular complexity index is 401. The maximum atomic E-state index is 13.2. The van der Waals surface area contributed by atoms with Crippen molar-refractivity contribution in [2.75, 3.05) is 52.5 Å². The Morgan fingerprint density at radius 3 is 2.25 bits per heavy atom. The van der Waals surface area contributed by atoms with Crippen molar-refractivity contribution < 1.29 is 23.3 Å². The van der Waals surface area contributed by atoms with Crippen LogP contribution in [0.25, 0.3) is 0 Å². The van der Waals surface area contributed by atoms with Gasteiger partial charge >= 0.3 is 0 Å². The van der Waals surface area contributed by atoms with Crippen molar-refractivity contribution in [3.05, 3.63) is 23.5 Å². The van der Waals surface area contributed by atoms with Gasteiger partial charge in [-0.2, -0.15) is 0 Å². The summed E-state index contributed by atoms with van der Waals surface area (Å²) < 4.78 is 34.0. The Morgan fingerprint density at radius 2 is 1.60 bits per heavy atom. The highest BCUT2D eigenvalue weighted by atomic mass is 19.1. The number of nitrogens with two attached hydrogens (primary N) is 1. The van der Waals surface area contributed by atoms with E-state index in [1.165, 1.54) is 6.07 Å². The summed E-state index contributed by atoms with van der Waals surface area (Å²) in [6.07, 6.45) is 0. The number of hydrogen-bond donors (Lipinski definition) is 1. The summed E-state index contributed by atoms with van der Waals surface area (Å²) in [5, 5.41) is 0. The zero-order valence-electron chi connectivity index (χ0n) is 12.0. The van der Waals surface area contributed by atoms with E-state index in [4.69, 9.17) is 24.7 Å². The second kappa shape index (κ2) is 9.52. The molecule has 0 unspecified atom stereocenters. The topological polar surface area (TPSA) is 62.9 Å². The predicted molar refractivity (Wildman–Crippen MR) is 74.6 cm³/mol. The minimum Gasteiger partial charge on any atom is -0.489 e. The van der Waals surface area contributed by atoms with E-state index in [0.29, 0.717) is 51.0 Å². The Morgan fingerprint density at radius 1 is 1.00 bits per heavy atom. The number of aryl methyl sites for hydroxylation is 1. The molecule has 2 N–H and O–H groups in total. The minimum atomic E-state index is -0.334. The SMILES string of the molecule is COCCOCCOCCOc1cc(C)c(F)cc1N. The van der Waals surface area contributed by atoms with Gasteiger partial charge in [0, 0.05) is 13.2 Å². The van der Waals surface area contributed by atoms with Gasteiger partial charge in [-0.1, -0.05) is 0 Å². The third kappa shape index (κ3) is 6.18. The molecular weight excluding hydrogens is 265 g/mol. The fourth-order valence-corrected chi connectivity index (χ4v) is 1.47. The molecule has 0 aliphatic rings. The molecule has 0 spiro atoms. The van der Waals surface area contributed by atoms with Gasteiger partial charge < -0.3 is 24.7 Å². The summed E-state index contributed by atoms with van der Waals surface area (Å²) in [6, 6.07) is 2.84. The van der Waals surface area contributed by atoms with Crippen LogP contribution >= 0.6 is 0 Å². The van der Waals surface area contributed by atoms with E-state index in [2.05, 4.69) is 0 Å². The molecule has 5 nitrogen and oxygen atoms in total. The second-order valence-electron chi connectivity index (χ2n) is 4.21. The smallest absolute Gasteiger partial charge is 0.142 e. The molecule has 0 aliphatic carbocycles. The number of hydrogen-bond acceptors (Lipinski definition) is 5. The van der Waals surface area contributed by atoms with Gasteiger partial charge in [-0.3, -0.25) is 0 Å². The van der Waals surface area contributed by atoms with Gasteiger partial charge in [0.05, 0.1) is 38.7 Å². The van der Waals surface area contributed by atoms with Crippen LogP contribution in [-0.2, 0) is 14.2 Å². The third-order valence-corrected chi connectivity index (χ3v) is 2.58. The lowest BCUT2D eigenvalue weighted by atomic mass is 10.2. The van der Waals surface area contributed by atoms with Crippen LogP contribution in [-0.4, -0.2) is 46.8 Å². The van der Waals surface area contributed by atoms with Crippen LogP contribution in [0.5, 0.6) is 5.75 Å². The Hall–Kier alpha value is -1.37. The van der Waals surface area contributed by atoms with Crippen molar-refractivity contribution in [2.24, 2.45) is 0 Å². The lowest BCUT2D eigenvalue weighted by Crippen LogP contribution is -2.12. The highest BCUT2D eigenvalue weighted by Gasteiger charge is 2.05. The van der Waals surface area contributed by atoms with Crippen LogP contribution < -0.4 is 10.5 Å². The van der Waals surface area contributed by atoms with E-state index in [1.807, 2.05) is 0 Å². The monoisotopic (exact) mass is 287 g/mol. The number of anilines is 1. The van der Waals surface area contributed by atoms with E-state index in [-0.39, 0.29) is 11.5 Å². The van der Waals surface area contributed by atoms with Gasteiger partial charge in [-0.05, 0) is 18.6 Å². The summed E-state index contributed by atoms with van der Waals surface area (Å²) in [5.74, 6) is 0.142. The molecule has 1 aromatic rings. The molecule has 6 heteroatoms. The van der Waals surface area contributed by atoms with Gasteiger partial charge in [-0.25, -0.2) is 4.39 Å². The maximum Gasteiger partial charge on any atom is 0.142 e. The van der Waals surface area contributed by atoms with E-state index in [0.717, 1.165) is 0 Å². The minimum absolute atomic E-state index is 0.288. The van der Waals surface area contributed by atoms with E-state index in [1.54, 1.807) is 20.1 Å². The molecule has 0 saturated heterocycles. The molecule has 0 saturated carbocycles. The van der Waals surface area contributed by atoms with Crippen molar-refractivity contribution in [3.63, 3.8) is 0 Å². The van der Waals surface area contributed by atoms with Gasteiger partial charge in [-0.15, -0.1) is 0 Å². The molecule has 1 aromatic carbocycles. The normalized spacial score (nSPS) is 10.8. The number of rotatable bonds is 10. The number of halogens is 1. The molecule has 0 fully saturated rings. The Kier molecular flexibility index (Phi) is 7.94. The van der Waals surface area contributed by atoms with E-state index >= 15 is 0 Å². The molecule has 0 amide bonds. The highest BCUT2D eigenvalue weighted by Crippen LogP contribution is 2.24. The van der Waals surface area contributed by atoms with E-state index in [9.17, 15) is 4.39 Å². The molecule has 0 bridgehead atoms. The fourth-order valence-electron chi connectivity index (χ4n) is 1.47. The molecule has 0 aliphatic heterocycles. The van der Waals surface area contributed by atoms with Crippen LogP contribution in [0.15, 0.2) is 12.1 Å². The van der Waals surface area contributed by atoms with Gasteiger partial charge in [0.25, 0.3) is 0 Å². The summed E-state index contributed by atoms with van der Waals surface area (Å²) >= 11 is 0. The number of nitrogen functional groups attached to an aromatic ring is 1. The van der Waals surface area contributed by atoms with Gasteiger partial charge in [0.2, 0.25) is 0 Å². The first-order valence-corrected chi connectivity index (χ1v) is 6.48. The maximum absolute atomic E-state index is 13.2. The third-order valence-electron chi connectivity index (χ3n) is 2.58. The molecule has 0 heterocycles. The summed E-state index contributed by atoms with van der Waals surface area (Å²) in [4.78, 5) is 0. The first-order valence-electron chi connectivity index (χ1n) is 6.48. The number of benzene rings is 1. The fraction of sp³-hybridized carbons (Fsp3) is 0.571. The standard InChI is InChI=1S/C14H22FNO4/c1-11-9-14(13(16)10-12(11)15)20-8-7-19-6-5-18-4-3-17-2/h9-10H,3-8,16H2,1-2H3. The van der Waals surface area contributed by atoms with E-state index < -0.39 is 0 Å². The van der Waals surface area contributed by atoms with Crippen LogP contribution in [0.1, 0.15) is 5.56 Å². The average Bonchev–Trinajstić information content (AvgIpc) is 2.42. The Balaban J connectivity index is 2.11. The van der Waals surface area contributed by atoms with Gasteiger partial charge in [0.1, 0.15) is 18.2 Å². The van der Waals surface area contributed by atoms with Crippen molar-refractivity contribution in [3.8, 4) is 5.75 Å². The summed E-state index contributed by atoms with van der Waals surface area (Å²) in [5.41, 5.74) is 6.45. The van der Waals surface area contributed by atoms with Crippen molar-refractivity contribution in [1.82, 2.24) is 0 Å². The lowest BCUT2D eigenvalue weighted by molar-refractivity contribution is 0.0180. The van der Waals surface area contributed by atoms with Crippen LogP contribution in [0.3, 0.4) is 0 Å². The first-order chi connectivity index (χ1) is 9.65. The zero-order chi connectivity index (χ0) is 14.8. The molecule has 1 rings (SSSR count). The second-order valence-corrected chi connectivity index (χ2v) is 4.21. The largest absolute Gasteiger partial charge is 0.489 e. The highest BCUT2D eigenvalue weighted by molar-refractivity contribution is 5.54. The average molecular weight is 287 g/mol. The molecular formula is C14H22FNO4. The summed E-state index contributed by atoms with van der Waals surface area (Å²) in [6.45, 7) is 4.58. The van der Waals surface area contributed by atoms with Crippen LogP contribution in [0.4, 0.5) is 10.1 Å². The quantitative estimate of drug-likeness (QED) is 0.525. The number of ether oxygens (including phenoxy) is 4. The molecule has 114 valence electrons. The van der Waals surface area contributed by atoms with Crippen molar-refractivity contribution >= 4 is 5.69 Å². The lowest BCUT2D eigenvalue weighted by Gasteiger charge is -2.10. The molecule has 20 heavy (non-hydrogen) atoms. The molecule has 0 radical (unpaired) electrons. The zero-order valence-corrected chi connectivity index (χ0v) is 12.0. The van der Waals surface area contributed by atoms with Crippen LogP contribution in [0.2, 0.25) is 0 Å². The van der Waals surface area contributed by atoms with Crippen molar-refractivity contribution in [2.45, 2.75) is 6.92 Å². The summed E-state index contributed by atoms with van der Waals surface area (Å²) in [7, 11) is 1.63. The Labute approximate surface area is 118 Å².